The number of hydrogen-bond donors (Lipinski definition) is 3. The molecule has 6 N–H and O–H groups in total. The highest BCUT2D eigenvalue weighted by atomic mass is 14.8. The van der Waals surface area contributed by atoms with Crippen molar-refractivity contribution in [2.45, 2.75) is 0 Å². The molecule has 0 aromatic carbocycles. The average Bonchev–Trinajstić information content (AvgIpc) is 2.35. The van der Waals surface area contributed by atoms with Crippen molar-refractivity contribution in [2.24, 2.45) is 22.2 Å². The normalized spacial score (nSPS) is 13.3. The Morgan fingerprint density at radius 2 is 2.06 bits per heavy atom. The van der Waals surface area contributed by atoms with Gasteiger partial charge in [-0.3, -0.25) is 9.98 Å². The summed E-state index contributed by atoms with van der Waals surface area (Å²) in [5.41, 5.74) is 19.1. The number of hydrogen-bond acceptors (Lipinski definition) is 5. The lowest BCUT2D eigenvalue weighted by Gasteiger charge is -2.03. The van der Waals surface area contributed by atoms with Crippen LogP contribution in [0.4, 0.5) is 0 Å². The van der Waals surface area contributed by atoms with Gasteiger partial charge in [-0.2, -0.15) is 0 Å². The van der Waals surface area contributed by atoms with Crippen LogP contribution in [0, 0.1) is 0 Å². The third-order valence-corrected chi connectivity index (χ3v) is 2.02. The third kappa shape index (κ3) is 2.60. The fourth-order valence-corrected chi connectivity index (χ4v) is 1.17. The Kier molecular flexibility index (Phi) is 4.08. The van der Waals surface area contributed by atoms with Crippen LogP contribution in [0.5, 0.6) is 0 Å². The van der Waals surface area contributed by atoms with Crippen LogP contribution in [0.15, 0.2) is 35.7 Å². The highest BCUT2D eigenvalue weighted by Gasteiger charge is 2.01. The van der Waals surface area contributed by atoms with Gasteiger partial charge >= 0.3 is 0 Å². The maximum absolute atomic E-state index is 5.62. The zero-order valence-electron chi connectivity index (χ0n) is 9.09. The number of aromatic nitrogens is 1. The van der Waals surface area contributed by atoms with Gasteiger partial charge in [0.2, 0.25) is 0 Å². The highest BCUT2D eigenvalue weighted by molar-refractivity contribution is 6.09. The van der Waals surface area contributed by atoms with Crippen LogP contribution in [-0.2, 0) is 0 Å². The quantitative estimate of drug-likeness (QED) is 0.633. The third-order valence-electron chi connectivity index (χ3n) is 2.02. The molecule has 16 heavy (non-hydrogen) atoms. The summed E-state index contributed by atoms with van der Waals surface area (Å²) in [6.45, 7) is 0. The van der Waals surface area contributed by atoms with E-state index < -0.39 is 0 Å². The predicted molar refractivity (Wildman–Crippen MR) is 67.2 cm³/mol. The zero-order valence-corrected chi connectivity index (χ0v) is 9.09. The summed E-state index contributed by atoms with van der Waals surface area (Å²) in [6, 6.07) is 3.64. The summed E-state index contributed by atoms with van der Waals surface area (Å²) in [5.74, 6) is 0. The van der Waals surface area contributed by atoms with E-state index in [0.717, 1.165) is 11.1 Å². The Labute approximate surface area is 94.4 Å². The van der Waals surface area contributed by atoms with Gasteiger partial charge in [0.1, 0.15) is 0 Å². The molecule has 0 spiro atoms. The van der Waals surface area contributed by atoms with E-state index in [2.05, 4.69) is 9.98 Å². The Morgan fingerprint density at radius 1 is 1.31 bits per heavy atom. The minimum atomic E-state index is 0.439. The summed E-state index contributed by atoms with van der Waals surface area (Å²) in [5, 5.41) is 0. The van der Waals surface area contributed by atoms with E-state index in [0.29, 0.717) is 11.4 Å². The van der Waals surface area contributed by atoms with Crippen LogP contribution in [0.2, 0.25) is 0 Å². The van der Waals surface area contributed by atoms with Crippen molar-refractivity contribution < 1.29 is 0 Å². The molecule has 0 saturated heterocycles. The molecule has 1 heterocycles. The van der Waals surface area contributed by atoms with E-state index in [-0.39, 0.29) is 0 Å². The summed E-state index contributed by atoms with van der Waals surface area (Å²) in [4.78, 5) is 8.07. The molecule has 5 nitrogen and oxygen atoms in total. The number of nitrogens with two attached hydrogens (primary N) is 3. The first-order valence-corrected chi connectivity index (χ1v) is 4.71. The van der Waals surface area contributed by atoms with Gasteiger partial charge in [0, 0.05) is 43.0 Å². The van der Waals surface area contributed by atoms with Crippen LogP contribution < -0.4 is 17.2 Å². The van der Waals surface area contributed by atoms with Crippen LogP contribution in [-0.4, -0.2) is 18.2 Å². The van der Waals surface area contributed by atoms with Crippen molar-refractivity contribution in [1.29, 1.82) is 0 Å². The van der Waals surface area contributed by atoms with Crippen molar-refractivity contribution in [3.05, 3.63) is 42.0 Å². The van der Waals surface area contributed by atoms with E-state index in [1.165, 1.54) is 12.4 Å². The first kappa shape index (κ1) is 11.8. The molecule has 0 fully saturated rings. The Morgan fingerprint density at radius 3 is 2.50 bits per heavy atom. The van der Waals surface area contributed by atoms with E-state index in [4.69, 9.17) is 17.2 Å². The largest absolute Gasteiger partial charge is 0.404 e. The summed E-state index contributed by atoms with van der Waals surface area (Å²) in [7, 11) is 1.68. The fraction of sp³-hybridized carbons (Fsp3) is 0.0909. The minimum Gasteiger partial charge on any atom is -0.404 e. The van der Waals surface area contributed by atoms with Crippen LogP contribution >= 0.6 is 0 Å². The van der Waals surface area contributed by atoms with E-state index in [1.807, 2.05) is 6.07 Å². The summed E-state index contributed by atoms with van der Waals surface area (Å²) in [6.07, 6.45) is 6.13. The second-order valence-electron chi connectivity index (χ2n) is 3.06. The number of allylic oxidation sites excluding steroid dienone is 1. The van der Waals surface area contributed by atoms with Crippen molar-refractivity contribution in [2.75, 3.05) is 7.05 Å². The van der Waals surface area contributed by atoms with Crippen LogP contribution in [0.25, 0.3) is 11.3 Å². The zero-order chi connectivity index (χ0) is 12.0. The van der Waals surface area contributed by atoms with Gasteiger partial charge in [-0.25, -0.2) is 0 Å². The average molecular weight is 217 g/mol. The molecule has 0 bridgehead atoms. The van der Waals surface area contributed by atoms with Gasteiger partial charge in [0.15, 0.2) is 0 Å². The molecule has 0 saturated carbocycles. The Bertz CT molecular complexity index is 428. The molecule has 1 aromatic heterocycles. The topological polar surface area (TPSA) is 103 Å². The van der Waals surface area contributed by atoms with Crippen molar-refractivity contribution in [3.8, 4) is 0 Å². The lowest BCUT2D eigenvalue weighted by Crippen LogP contribution is -2.02. The van der Waals surface area contributed by atoms with Gasteiger partial charge in [-0.15, -0.1) is 0 Å². The van der Waals surface area contributed by atoms with Gasteiger partial charge in [0.05, 0.1) is 11.4 Å². The van der Waals surface area contributed by atoms with Crippen LogP contribution in [0.3, 0.4) is 0 Å². The highest BCUT2D eigenvalue weighted by Crippen LogP contribution is 2.12. The summed E-state index contributed by atoms with van der Waals surface area (Å²) >= 11 is 0. The predicted octanol–water partition coefficient (Wildman–Crippen LogP) is 0.298. The lowest BCUT2D eigenvalue weighted by atomic mass is 10.1. The number of rotatable bonds is 3. The molecule has 0 aliphatic rings. The van der Waals surface area contributed by atoms with E-state index in [1.54, 1.807) is 25.5 Å². The van der Waals surface area contributed by atoms with Gasteiger partial charge in [-0.05, 0) is 6.07 Å². The molecular weight excluding hydrogens is 202 g/mol. The fourth-order valence-electron chi connectivity index (χ4n) is 1.17. The van der Waals surface area contributed by atoms with Gasteiger partial charge < -0.3 is 17.2 Å². The molecule has 0 unspecified atom stereocenters. The van der Waals surface area contributed by atoms with E-state index >= 15 is 0 Å². The molecule has 0 aliphatic heterocycles. The maximum atomic E-state index is 5.62. The molecule has 1 aromatic rings. The monoisotopic (exact) mass is 217 g/mol. The van der Waals surface area contributed by atoms with E-state index in [9.17, 15) is 0 Å². The van der Waals surface area contributed by atoms with Crippen molar-refractivity contribution >= 4 is 17.5 Å². The lowest BCUT2D eigenvalue weighted by molar-refractivity contribution is 1.24. The van der Waals surface area contributed by atoms with Gasteiger partial charge in [-0.1, -0.05) is 6.07 Å². The standard InChI is InChI=1S/C11H15N5/c1-15-6-9(4-12)8-2-3-11(16-7-8)10(14)5-13/h2-7H,12-14H2,1H3/b9-4+,10-5-,15-6?. The molecule has 0 atom stereocenters. The van der Waals surface area contributed by atoms with Crippen LogP contribution in [0.1, 0.15) is 11.3 Å². The molecule has 1 rings (SSSR count). The summed E-state index contributed by atoms with van der Waals surface area (Å²) < 4.78 is 0. The smallest absolute Gasteiger partial charge is 0.0874 e. The molecular formula is C11H15N5. The maximum Gasteiger partial charge on any atom is 0.0874 e. The number of nitrogens with zero attached hydrogens (tertiary/aromatic N) is 2. The molecule has 84 valence electrons. The molecule has 0 amide bonds. The molecule has 5 heteroatoms. The SMILES string of the molecule is CN=C/C(=C\N)c1ccc(/C(N)=C/N)nc1. The van der Waals surface area contributed by atoms with Gasteiger partial charge in [0.25, 0.3) is 0 Å². The number of aliphatic imine (C=N–C) groups is 1. The minimum absolute atomic E-state index is 0.439. The Hall–Kier alpha value is -2.30. The first-order valence-electron chi connectivity index (χ1n) is 4.71. The molecule has 0 radical (unpaired) electrons. The number of pyridine rings is 1. The van der Waals surface area contributed by atoms with Crippen molar-refractivity contribution in [3.63, 3.8) is 0 Å². The first-order chi connectivity index (χ1) is 7.72. The molecule has 0 aliphatic carbocycles. The second kappa shape index (κ2) is 5.55. The Balaban J connectivity index is 3.03. The van der Waals surface area contributed by atoms with Crippen molar-refractivity contribution in [1.82, 2.24) is 4.98 Å². The second-order valence-corrected chi connectivity index (χ2v) is 3.06.